The van der Waals surface area contributed by atoms with E-state index in [2.05, 4.69) is 12.2 Å². The van der Waals surface area contributed by atoms with Crippen LogP contribution in [0.15, 0.2) is 48.5 Å². The Morgan fingerprint density at radius 2 is 1.91 bits per heavy atom. The van der Waals surface area contributed by atoms with Crippen LogP contribution in [0.2, 0.25) is 0 Å². The Labute approximate surface area is 137 Å². The van der Waals surface area contributed by atoms with Gasteiger partial charge in [0.2, 0.25) is 5.91 Å². The highest BCUT2D eigenvalue weighted by Crippen LogP contribution is 2.19. The van der Waals surface area contributed by atoms with Crippen molar-refractivity contribution in [1.29, 1.82) is 0 Å². The zero-order valence-electron chi connectivity index (χ0n) is 13.8. The van der Waals surface area contributed by atoms with E-state index in [0.29, 0.717) is 0 Å². The van der Waals surface area contributed by atoms with Crippen molar-refractivity contribution in [2.45, 2.75) is 26.3 Å². The number of anilines is 1. The van der Waals surface area contributed by atoms with E-state index in [9.17, 15) is 9.18 Å². The molecule has 0 aromatic heterocycles. The molecule has 0 heterocycles. The van der Waals surface area contributed by atoms with Crippen LogP contribution >= 0.6 is 0 Å². The summed E-state index contributed by atoms with van der Waals surface area (Å²) in [6, 6.07) is 14.3. The molecule has 0 bridgehead atoms. The first-order valence-corrected chi connectivity index (χ1v) is 7.84. The number of carbonyl (C=O) groups is 1. The summed E-state index contributed by atoms with van der Waals surface area (Å²) in [4.78, 5) is 14.1. The van der Waals surface area contributed by atoms with Crippen molar-refractivity contribution in [3.05, 3.63) is 65.5 Å². The molecule has 0 saturated carbocycles. The highest BCUT2D eigenvalue weighted by atomic mass is 19.1. The lowest BCUT2D eigenvalue weighted by Gasteiger charge is -2.24. The highest BCUT2D eigenvalue weighted by molar-refractivity contribution is 5.92. The summed E-state index contributed by atoms with van der Waals surface area (Å²) in [5, 5.41) is 2.92. The zero-order valence-corrected chi connectivity index (χ0v) is 13.8. The average Bonchev–Trinajstić information content (AvgIpc) is 2.54. The molecule has 2 rings (SSSR count). The van der Waals surface area contributed by atoms with Gasteiger partial charge in [-0.15, -0.1) is 0 Å². The average molecular weight is 314 g/mol. The van der Waals surface area contributed by atoms with Gasteiger partial charge in [-0.25, -0.2) is 4.39 Å². The molecule has 0 radical (unpaired) electrons. The second-order valence-corrected chi connectivity index (χ2v) is 5.74. The number of hydrogen-bond acceptors (Lipinski definition) is 2. The minimum Gasteiger partial charge on any atom is -0.325 e. The number of rotatable bonds is 6. The summed E-state index contributed by atoms with van der Waals surface area (Å²) in [6.07, 6.45) is 0.936. The van der Waals surface area contributed by atoms with Crippen molar-refractivity contribution in [3.8, 4) is 0 Å². The van der Waals surface area contributed by atoms with Crippen LogP contribution in [-0.4, -0.2) is 24.4 Å². The van der Waals surface area contributed by atoms with Crippen molar-refractivity contribution < 1.29 is 9.18 Å². The Morgan fingerprint density at radius 3 is 2.57 bits per heavy atom. The maximum absolute atomic E-state index is 13.0. The SMILES string of the molecule is CCc1cccc(NC(=O)CN(C)C(C)c2ccc(F)cc2)c1. The molecule has 0 aliphatic rings. The topological polar surface area (TPSA) is 32.3 Å². The second-order valence-electron chi connectivity index (χ2n) is 5.74. The predicted octanol–water partition coefficient (Wildman–Crippen LogP) is 4.02. The Hall–Kier alpha value is -2.20. The number of nitrogens with one attached hydrogen (secondary N) is 1. The van der Waals surface area contributed by atoms with E-state index >= 15 is 0 Å². The summed E-state index contributed by atoms with van der Waals surface area (Å²) in [5.41, 5.74) is 2.99. The summed E-state index contributed by atoms with van der Waals surface area (Å²) >= 11 is 0. The molecule has 0 saturated heterocycles. The molecule has 0 fully saturated rings. The fraction of sp³-hybridized carbons (Fsp3) is 0.316. The van der Waals surface area contributed by atoms with Crippen LogP contribution in [-0.2, 0) is 11.2 Å². The molecule has 122 valence electrons. The van der Waals surface area contributed by atoms with Crippen molar-refractivity contribution in [2.24, 2.45) is 0 Å². The third kappa shape index (κ3) is 4.89. The van der Waals surface area contributed by atoms with Gasteiger partial charge in [-0.3, -0.25) is 9.69 Å². The van der Waals surface area contributed by atoms with E-state index in [1.807, 2.05) is 43.1 Å². The van der Waals surface area contributed by atoms with Crippen LogP contribution in [0.4, 0.5) is 10.1 Å². The second kappa shape index (κ2) is 7.88. The molecule has 23 heavy (non-hydrogen) atoms. The number of benzene rings is 2. The van der Waals surface area contributed by atoms with Crippen molar-refractivity contribution >= 4 is 11.6 Å². The van der Waals surface area contributed by atoms with Crippen LogP contribution < -0.4 is 5.32 Å². The first-order valence-electron chi connectivity index (χ1n) is 7.84. The molecule has 0 aliphatic carbocycles. The molecule has 0 aliphatic heterocycles. The number of nitrogens with zero attached hydrogens (tertiary/aromatic N) is 1. The van der Waals surface area contributed by atoms with Crippen molar-refractivity contribution in [2.75, 3.05) is 18.9 Å². The van der Waals surface area contributed by atoms with Crippen LogP contribution in [0.5, 0.6) is 0 Å². The smallest absolute Gasteiger partial charge is 0.238 e. The molecule has 1 N–H and O–H groups in total. The Bertz CT molecular complexity index is 655. The molecular weight excluding hydrogens is 291 g/mol. The molecule has 4 heteroatoms. The van der Waals surface area contributed by atoms with Crippen LogP contribution in [0.1, 0.15) is 31.0 Å². The zero-order chi connectivity index (χ0) is 16.8. The lowest BCUT2D eigenvalue weighted by atomic mass is 10.1. The predicted molar refractivity (Wildman–Crippen MR) is 91.9 cm³/mol. The van der Waals surface area contributed by atoms with Gasteiger partial charge in [0.1, 0.15) is 5.82 Å². The van der Waals surface area contributed by atoms with Crippen LogP contribution in [0.25, 0.3) is 0 Å². The van der Waals surface area contributed by atoms with E-state index in [4.69, 9.17) is 0 Å². The lowest BCUT2D eigenvalue weighted by Crippen LogP contribution is -2.32. The van der Waals surface area contributed by atoms with Crippen LogP contribution in [0.3, 0.4) is 0 Å². The third-order valence-corrected chi connectivity index (χ3v) is 4.03. The summed E-state index contributed by atoms with van der Waals surface area (Å²) < 4.78 is 13.0. The minimum absolute atomic E-state index is 0.0309. The maximum atomic E-state index is 13.0. The first kappa shape index (κ1) is 17.2. The molecule has 2 aromatic carbocycles. The van der Waals surface area contributed by atoms with Gasteiger partial charge in [0.15, 0.2) is 0 Å². The van der Waals surface area contributed by atoms with E-state index in [1.54, 1.807) is 12.1 Å². The van der Waals surface area contributed by atoms with Crippen LogP contribution in [0, 0.1) is 5.82 Å². The summed E-state index contributed by atoms with van der Waals surface area (Å²) in [5.74, 6) is -0.313. The van der Waals surface area contributed by atoms with Gasteiger partial charge in [0.05, 0.1) is 6.54 Å². The third-order valence-electron chi connectivity index (χ3n) is 4.03. The van der Waals surface area contributed by atoms with Gasteiger partial charge < -0.3 is 5.32 Å². The fourth-order valence-electron chi connectivity index (χ4n) is 2.43. The number of hydrogen-bond donors (Lipinski definition) is 1. The van der Waals surface area contributed by atoms with Crippen molar-refractivity contribution in [3.63, 3.8) is 0 Å². The monoisotopic (exact) mass is 314 g/mol. The van der Waals surface area contributed by atoms with Gasteiger partial charge >= 0.3 is 0 Å². The summed E-state index contributed by atoms with van der Waals surface area (Å²) in [6.45, 7) is 4.35. The van der Waals surface area contributed by atoms with Gasteiger partial charge in [0.25, 0.3) is 0 Å². The Balaban J connectivity index is 1.94. The maximum Gasteiger partial charge on any atom is 0.238 e. The molecule has 2 aromatic rings. The van der Waals surface area contributed by atoms with Gasteiger partial charge in [-0.1, -0.05) is 31.2 Å². The Kier molecular flexibility index (Phi) is 5.88. The minimum atomic E-state index is -0.253. The molecule has 1 amide bonds. The number of amides is 1. The first-order chi connectivity index (χ1) is 11.0. The number of carbonyl (C=O) groups excluding carboxylic acids is 1. The number of aryl methyl sites for hydroxylation is 1. The normalized spacial score (nSPS) is 12.2. The van der Waals surface area contributed by atoms with Gasteiger partial charge in [0, 0.05) is 11.7 Å². The summed E-state index contributed by atoms with van der Waals surface area (Å²) in [7, 11) is 1.88. The quantitative estimate of drug-likeness (QED) is 0.873. The van der Waals surface area contributed by atoms with E-state index in [-0.39, 0.29) is 24.3 Å². The van der Waals surface area contributed by atoms with E-state index in [1.165, 1.54) is 17.7 Å². The standard InChI is InChI=1S/C19H23FN2O/c1-4-15-6-5-7-18(12-15)21-19(23)13-22(3)14(2)16-8-10-17(20)11-9-16/h5-12,14H,4,13H2,1-3H3,(H,21,23). The highest BCUT2D eigenvalue weighted by Gasteiger charge is 2.15. The molecule has 0 spiro atoms. The number of halogens is 1. The molecule has 3 nitrogen and oxygen atoms in total. The van der Waals surface area contributed by atoms with Crippen molar-refractivity contribution in [1.82, 2.24) is 4.90 Å². The molecule has 1 unspecified atom stereocenters. The largest absolute Gasteiger partial charge is 0.325 e. The van der Waals surface area contributed by atoms with Gasteiger partial charge in [-0.2, -0.15) is 0 Å². The van der Waals surface area contributed by atoms with E-state index < -0.39 is 0 Å². The lowest BCUT2D eigenvalue weighted by molar-refractivity contribution is -0.117. The van der Waals surface area contributed by atoms with E-state index in [0.717, 1.165) is 17.7 Å². The fourth-order valence-corrected chi connectivity index (χ4v) is 2.43. The molecular formula is C19H23FN2O. The Morgan fingerprint density at radius 1 is 1.22 bits per heavy atom. The number of likely N-dealkylation sites (N-methyl/N-ethyl adjacent to an activating group) is 1. The van der Waals surface area contributed by atoms with Gasteiger partial charge in [-0.05, 0) is 55.8 Å². The molecule has 1 atom stereocenters.